The maximum Gasteiger partial charge on any atom is 0.294 e. The highest BCUT2D eigenvalue weighted by atomic mass is 32.2. The Balaban J connectivity index is 2.19. The number of azo groups is 1. The van der Waals surface area contributed by atoms with Crippen LogP contribution in [0.25, 0.3) is 11.1 Å². The lowest BCUT2D eigenvalue weighted by molar-refractivity contribution is 0.418. The van der Waals surface area contributed by atoms with Crippen LogP contribution in [-0.2, 0) is 10.1 Å². The van der Waals surface area contributed by atoms with E-state index in [4.69, 9.17) is 10.5 Å². The molecule has 0 aliphatic heterocycles. The number of hydrogen-bond acceptors (Lipinski definition) is 6. The quantitative estimate of drug-likeness (QED) is 0.379. The van der Waals surface area contributed by atoms with Gasteiger partial charge in [0, 0.05) is 0 Å². The van der Waals surface area contributed by atoms with E-state index in [1.807, 2.05) is 18.2 Å². The minimum atomic E-state index is -4.36. The molecule has 3 rings (SSSR count). The van der Waals surface area contributed by atoms with E-state index >= 15 is 0 Å². The smallest absolute Gasteiger partial charge is 0.294 e. The normalized spacial score (nSPS) is 11.6. The number of nitrogens with zero attached hydrogens (tertiary/aromatic N) is 2. The Hall–Kier alpha value is -3.23. The number of benzene rings is 3. The molecule has 0 aromatic heterocycles. The van der Waals surface area contributed by atoms with E-state index in [-0.39, 0.29) is 4.90 Å². The molecule has 0 aliphatic carbocycles. The lowest BCUT2D eigenvalue weighted by Gasteiger charge is -2.14. The standard InChI is InChI=1S/C19H17N3O4S/c1-26-19-16(20)10-11-17(22-21-14-7-3-2-4-8-14)18(19)13-6-5-9-15(12-13)27(23,24)25/h2-12H,20H2,1H3,(H,23,24,25). The minimum Gasteiger partial charge on any atom is -0.494 e. The summed E-state index contributed by atoms with van der Waals surface area (Å²) in [5.41, 5.74) is 8.41. The van der Waals surface area contributed by atoms with Gasteiger partial charge in [0.2, 0.25) is 0 Å². The summed E-state index contributed by atoms with van der Waals surface area (Å²) in [6.07, 6.45) is 0. The minimum absolute atomic E-state index is 0.240. The van der Waals surface area contributed by atoms with Crippen LogP contribution < -0.4 is 10.5 Å². The van der Waals surface area contributed by atoms with Crippen LogP contribution in [0.2, 0.25) is 0 Å². The fraction of sp³-hybridized carbons (Fsp3) is 0.0526. The predicted octanol–water partition coefficient (Wildman–Crippen LogP) is 4.61. The molecule has 0 fully saturated rings. The molecule has 0 unspecified atom stereocenters. The molecule has 3 aromatic rings. The van der Waals surface area contributed by atoms with Gasteiger partial charge in [-0.1, -0.05) is 30.3 Å². The van der Waals surface area contributed by atoms with Crippen molar-refractivity contribution in [2.24, 2.45) is 10.2 Å². The summed E-state index contributed by atoms with van der Waals surface area (Å²) in [6, 6.07) is 18.3. The second-order valence-corrected chi connectivity index (χ2v) is 7.04. The first-order valence-corrected chi connectivity index (χ1v) is 9.35. The molecule has 0 radical (unpaired) electrons. The number of hydrogen-bond donors (Lipinski definition) is 2. The molecule has 0 heterocycles. The van der Waals surface area contributed by atoms with Crippen LogP contribution in [0.15, 0.2) is 81.9 Å². The molecule has 3 aromatic carbocycles. The van der Waals surface area contributed by atoms with Crippen molar-refractivity contribution in [2.45, 2.75) is 4.90 Å². The Morgan fingerprint density at radius 2 is 1.70 bits per heavy atom. The molecule has 3 N–H and O–H groups in total. The monoisotopic (exact) mass is 383 g/mol. The van der Waals surface area contributed by atoms with Crippen molar-refractivity contribution in [3.05, 3.63) is 66.7 Å². The first-order chi connectivity index (χ1) is 12.9. The SMILES string of the molecule is COc1c(N)ccc(N=Nc2ccccc2)c1-c1cccc(S(=O)(=O)O)c1. The highest BCUT2D eigenvalue weighted by molar-refractivity contribution is 7.85. The third kappa shape index (κ3) is 4.13. The van der Waals surface area contributed by atoms with Gasteiger partial charge in [-0.25, -0.2) is 0 Å². The van der Waals surface area contributed by atoms with Gasteiger partial charge in [-0.3, -0.25) is 4.55 Å². The Morgan fingerprint density at radius 1 is 0.963 bits per heavy atom. The number of methoxy groups -OCH3 is 1. The zero-order valence-corrected chi connectivity index (χ0v) is 15.2. The van der Waals surface area contributed by atoms with E-state index in [0.29, 0.717) is 33.9 Å². The van der Waals surface area contributed by atoms with E-state index in [9.17, 15) is 13.0 Å². The van der Waals surface area contributed by atoms with Crippen LogP contribution in [0.1, 0.15) is 0 Å². The number of nitrogens with two attached hydrogens (primary N) is 1. The van der Waals surface area contributed by atoms with E-state index in [1.165, 1.54) is 25.3 Å². The van der Waals surface area contributed by atoms with Crippen LogP contribution >= 0.6 is 0 Å². The van der Waals surface area contributed by atoms with Crippen LogP contribution in [0, 0.1) is 0 Å². The Kier molecular flexibility index (Phi) is 5.20. The summed E-state index contributed by atoms with van der Waals surface area (Å²) in [4.78, 5) is -0.240. The lowest BCUT2D eigenvalue weighted by Crippen LogP contribution is -1.99. The first kappa shape index (κ1) is 18.6. The highest BCUT2D eigenvalue weighted by Crippen LogP contribution is 2.43. The van der Waals surface area contributed by atoms with Gasteiger partial charge in [-0.05, 0) is 42.0 Å². The summed E-state index contributed by atoms with van der Waals surface area (Å²) in [5.74, 6) is 0.340. The summed E-state index contributed by atoms with van der Waals surface area (Å²) in [6.45, 7) is 0. The highest BCUT2D eigenvalue weighted by Gasteiger charge is 2.18. The molecule has 7 nitrogen and oxygen atoms in total. The van der Waals surface area contributed by atoms with Gasteiger partial charge in [-0.2, -0.15) is 13.5 Å². The van der Waals surface area contributed by atoms with Crippen LogP contribution in [0.3, 0.4) is 0 Å². The molecule has 0 bridgehead atoms. The summed E-state index contributed by atoms with van der Waals surface area (Å²) in [5, 5.41) is 8.47. The second-order valence-electron chi connectivity index (χ2n) is 5.62. The summed E-state index contributed by atoms with van der Waals surface area (Å²) >= 11 is 0. The van der Waals surface area contributed by atoms with Crippen LogP contribution in [0.4, 0.5) is 17.1 Å². The number of nitrogen functional groups attached to an aromatic ring is 1. The number of ether oxygens (including phenoxy) is 1. The number of rotatable bonds is 5. The third-order valence-electron chi connectivity index (χ3n) is 3.82. The van der Waals surface area contributed by atoms with Crippen molar-refractivity contribution in [3.63, 3.8) is 0 Å². The van der Waals surface area contributed by atoms with Crippen molar-refractivity contribution in [2.75, 3.05) is 12.8 Å². The van der Waals surface area contributed by atoms with E-state index in [0.717, 1.165) is 0 Å². The molecule has 138 valence electrons. The van der Waals surface area contributed by atoms with Crippen LogP contribution in [0.5, 0.6) is 5.75 Å². The lowest BCUT2D eigenvalue weighted by atomic mass is 10.0. The Morgan fingerprint density at radius 3 is 2.37 bits per heavy atom. The maximum atomic E-state index is 11.5. The fourth-order valence-corrected chi connectivity index (χ4v) is 3.12. The average molecular weight is 383 g/mol. The molecule has 8 heteroatoms. The van der Waals surface area contributed by atoms with Crippen molar-refractivity contribution in [3.8, 4) is 16.9 Å². The fourth-order valence-electron chi connectivity index (χ4n) is 2.59. The average Bonchev–Trinajstić information content (AvgIpc) is 2.67. The zero-order valence-electron chi connectivity index (χ0n) is 14.4. The van der Waals surface area contributed by atoms with Crippen molar-refractivity contribution < 1.29 is 17.7 Å². The van der Waals surface area contributed by atoms with Gasteiger partial charge in [-0.15, -0.1) is 5.11 Å². The van der Waals surface area contributed by atoms with Gasteiger partial charge in [0.25, 0.3) is 10.1 Å². The zero-order chi connectivity index (χ0) is 19.4. The van der Waals surface area contributed by atoms with Gasteiger partial charge in [0.05, 0.1) is 34.6 Å². The Bertz CT molecular complexity index is 1100. The van der Waals surface area contributed by atoms with Gasteiger partial charge in [0.15, 0.2) is 5.75 Å². The first-order valence-electron chi connectivity index (χ1n) is 7.91. The molecule has 0 saturated carbocycles. The van der Waals surface area contributed by atoms with Crippen molar-refractivity contribution in [1.82, 2.24) is 0 Å². The molecular formula is C19H17N3O4S. The number of anilines is 1. The van der Waals surface area contributed by atoms with E-state index in [1.54, 1.807) is 30.3 Å². The van der Waals surface area contributed by atoms with Crippen molar-refractivity contribution in [1.29, 1.82) is 0 Å². The summed E-state index contributed by atoms with van der Waals surface area (Å²) < 4.78 is 37.7. The second kappa shape index (κ2) is 7.56. The largest absolute Gasteiger partial charge is 0.494 e. The van der Waals surface area contributed by atoms with Gasteiger partial charge < -0.3 is 10.5 Å². The van der Waals surface area contributed by atoms with Crippen LogP contribution in [-0.4, -0.2) is 20.1 Å². The molecule has 0 spiro atoms. The topological polar surface area (TPSA) is 114 Å². The van der Waals surface area contributed by atoms with Gasteiger partial charge in [0.1, 0.15) is 0 Å². The predicted molar refractivity (Wildman–Crippen MR) is 103 cm³/mol. The molecule has 0 amide bonds. The van der Waals surface area contributed by atoms with E-state index in [2.05, 4.69) is 10.2 Å². The molecule has 0 saturated heterocycles. The molecule has 0 aliphatic rings. The van der Waals surface area contributed by atoms with Crippen molar-refractivity contribution >= 4 is 27.2 Å². The molecule has 0 atom stereocenters. The maximum absolute atomic E-state index is 11.5. The van der Waals surface area contributed by atoms with E-state index < -0.39 is 10.1 Å². The molecule has 27 heavy (non-hydrogen) atoms. The third-order valence-corrected chi connectivity index (χ3v) is 4.67. The Labute approximate surface area is 156 Å². The summed E-state index contributed by atoms with van der Waals surface area (Å²) in [7, 11) is -2.90. The molecular weight excluding hydrogens is 366 g/mol. The van der Waals surface area contributed by atoms with Gasteiger partial charge >= 0.3 is 0 Å².